The van der Waals surface area contributed by atoms with Crippen LogP contribution in [0.5, 0.6) is 5.75 Å². The van der Waals surface area contributed by atoms with Crippen LogP contribution >= 0.6 is 0 Å². The molecule has 1 aromatic carbocycles. The van der Waals surface area contributed by atoms with Crippen molar-refractivity contribution in [2.45, 2.75) is 32.8 Å². The molecule has 1 fully saturated rings. The first-order valence-electron chi connectivity index (χ1n) is 10.3. The fourth-order valence-electron chi connectivity index (χ4n) is 3.73. The number of rotatable bonds is 6. The lowest BCUT2D eigenvalue weighted by Gasteiger charge is -2.32. The first-order chi connectivity index (χ1) is 15.0. The third kappa shape index (κ3) is 4.76. The van der Waals surface area contributed by atoms with E-state index in [1.807, 2.05) is 26.0 Å². The summed E-state index contributed by atoms with van der Waals surface area (Å²) in [5.41, 5.74) is 1.10. The number of ether oxygens (including phenoxy) is 1. The van der Waals surface area contributed by atoms with E-state index in [2.05, 4.69) is 20.5 Å². The van der Waals surface area contributed by atoms with Crippen molar-refractivity contribution in [1.29, 1.82) is 0 Å². The van der Waals surface area contributed by atoms with E-state index in [1.54, 1.807) is 35.4 Å². The normalized spacial score (nSPS) is 16.4. The molecule has 4 rings (SSSR count). The van der Waals surface area contributed by atoms with Gasteiger partial charge < -0.3 is 9.64 Å². The van der Waals surface area contributed by atoms with Gasteiger partial charge in [0.15, 0.2) is 11.6 Å². The molecule has 0 aliphatic carbocycles. The number of carbonyl (C=O) groups excluding carboxylic acids is 2. The van der Waals surface area contributed by atoms with Crippen molar-refractivity contribution in [3.05, 3.63) is 60.0 Å². The van der Waals surface area contributed by atoms with Crippen LogP contribution in [0.25, 0.3) is 5.82 Å². The van der Waals surface area contributed by atoms with Gasteiger partial charge in [0.2, 0.25) is 0 Å². The Morgan fingerprint density at radius 3 is 2.81 bits per heavy atom. The Kier molecular flexibility index (Phi) is 6.01. The minimum atomic E-state index is -0.243. The third-order valence-corrected chi connectivity index (χ3v) is 5.15. The van der Waals surface area contributed by atoms with Gasteiger partial charge in [-0.3, -0.25) is 9.59 Å². The molecule has 0 radical (unpaired) electrons. The quantitative estimate of drug-likeness (QED) is 0.565. The topological polar surface area (TPSA) is 103 Å². The van der Waals surface area contributed by atoms with E-state index in [-0.39, 0.29) is 23.7 Å². The van der Waals surface area contributed by atoms with Gasteiger partial charge in [-0.2, -0.15) is 4.68 Å². The molecule has 1 aliphatic rings. The summed E-state index contributed by atoms with van der Waals surface area (Å²) in [6.07, 6.45) is 4.53. The number of Topliss-reactive ketones (excluding diaryl/α,β-unsaturated/α-hetero) is 1. The molecule has 9 nitrogen and oxygen atoms in total. The van der Waals surface area contributed by atoms with E-state index >= 15 is 0 Å². The zero-order valence-corrected chi connectivity index (χ0v) is 17.5. The number of tetrazole rings is 1. The number of carbonyl (C=O) groups is 2. The lowest BCUT2D eigenvalue weighted by molar-refractivity contribution is 0.0636. The zero-order chi connectivity index (χ0) is 21.8. The second-order valence-corrected chi connectivity index (χ2v) is 7.81. The molecule has 3 aromatic rings. The Morgan fingerprint density at radius 2 is 2.03 bits per heavy atom. The molecule has 2 aromatic heterocycles. The number of hydrogen-bond donors (Lipinski definition) is 0. The van der Waals surface area contributed by atoms with Crippen LogP contribution in [0.15, 0.2) is 48.9 Å². The standard InChI is InChI=1S/C22H24N6O3/c1-15(2)31-19-7-3-5-16(11-19)21(29)18-6-4-10-27(13-18)22(30)17-8-9-23-20(12-17)28-14-24-25-26-28/h3,5,7-9,11-12,14-15,18H,4,6,10,13H2,1-2H3. The molecule has 31 heavy (non-hydrogen) atoms. The molecule has 1 amide bonds. The molecule has 9 heteroatoms. The minimum Gasteiger partial charge on any atom is -0.491 e. The Labute approximate surface area is 180 Å². The SMILES string of the molecule is CC(C)Oc1cccc(C(=O)C2CCCN(C(=O)c3ccnc(-n4cnnn4)c3)C2)c1. The maximum Gasteiger partial charge on any atom is 0.254 e. The predicted octanol–water partition coefficient (Wildman–Crippen LogP) is 2.58. The Morgan fingerprint density at radius 1 is 1.16 bits per heavy atom. The lowest BCUT2D eigenvalue weighted by Crippen LogP contribution is -2.42. The van der Waals surface area contributed by atoms with Gasteiger partial charge in [-0.1, -0.05) is 12.1 Å². The highest BCUT2D eigenvalue weighted by Crippen LogP contribution is 2.24. The summed E-state index contributed by atoms with van der Waals surface area (Å²) in [5, 5.41) is 11.0. The summed E-state index contributed by atoms with van der Waals surface area (Å²) in [7, 11) is 0. The molecule has 0 N–H and O–H groups in total. The van der Waals surface area contributed by atoms with E-state index in [9.17, 15) is 9.59 Å². The van der Waals surface area contributed by atoms with Gasteiger partial charge in [0, 0.05) is 36.3 Å². The van der Waals surface area contributed by atoms with Crippen LogP contribution in [-0.4, -0.2) is 61.0 Å². The van der Waals surface area contributed by atoms with Gasteiger partial charge in [-0.15, -0.1) is 5.10 Å². The lowest BCUT2D eigenvalue weighted by atomic mass is 9.89. The molecule has 3 heterocycles. The van der Waals surface area contributed by atoms with Crippen LogP contribution < -0.4 is 4.74 Å². The van der Waals surface area contributed by atoms with E-state index in [4.69, 9.17) is 4.74 Å². The van der Waals surface area contributed by atoms with Crippen molar-refractivity contribution >= 4 is 11.7 Å². The van der Waals surface area contributed by atoms with E-state index in [1.165, 1.54) is 11.0 Å². The van der Waals surface area contributed by atoms with Gasteiger partial charge in [-0.25, -0.2) is 4.98 Å². The molecule has 160 valence electrons. The van der Waals surface area contributed by atoms with Crippen molar-refractivity contribution in [3.63, 3.8) is 0 Å². The Bertz CT molecular complexity index is 1070. The van der Waals surface area contributed by atoms with Crippen LogP contribution in [0.2, 0.25) is 0 Å². The number of aromatic nitrogens is 5. The summed E-state index contributed by atoms with van der Waals surface area (Å²) in [6.45, 7) is 4.89. The van der Waals surface area contributed by atoms with Crippen molar-refractivity contribution in [2.24, 2.45) is 5.92 Å². The number of amides is 1. The predicted molar refractivity (Wildman–Crippen MR) is 112 cm³/mol. The number of piperidine rings is 1. The monoisotopic (exact) mass is 420 g/mol. The number of hydrogen-bond acceptors (Lipinski definition) is 7. The zero-order valence-electron chi connectivity index (χ0n) is 17.5. The van der Waals surface area contributed by atoms with Crippen molar-refractivity contribution < 1.29 is 14.3 Å². The summed E-state index contributed by atoms with van der Waals surface area (Å²) in [6, 6.07) is 10.6. The van der Waals surface area contributed by atoms with Crippen LogP contribution in [0, 0.1) is 5.92 Å². The van der Waals surface area contributed by atoms with Gasteiger partial charge in [0.25, 0.3) is 5.91 Å². The van der Waals surface area contributed by atoms with Crippen molar-refractivity contribution in [1.82, 2.24) is 30.1 Å². The number of likely N-dealkylation sites (tertiary alicyclic amines) is 1. The van der Waals surface area contributed by atoms with Crippen LogP contribution in [0.4, 0.5) is 0 Å². The average Bonchev–Trinajstić information content (AvgIpc) is 3.33. The van der Waals surface area contributed by atoms with Gasteiger partial charge in [-0.05, 0) is 61.4 Å². The Hall–Kier alpha value is -3.62. The van der Waals surface area contributed by atoms with Crippen molar-refractivity contribution in [2.75, 3.05) is 13.1 Å². The van der Waals surface area contributed by atoms with Crippen molar-refractivity contribution in [3.8, 4) is 11.6 Å². The Balaban J connectivity index is 1.48. The summed E-state index contributed by atoms with van der Waals surface area (Å²) in [5.74, 6) is 0.800. The number of benzene rings is 1. The molecule has 1 atom stereocenters. The molecule has 0 bridgehead atoms. The molecular weight excluding hydrogens is 396 g/mol. The molecular formula is C22H24N6O3. The van der Waals surface area contributed by atoms with Crippen LogP contribution in [-0.2, 0) is 0 Å². The second-order valence-electron chi connectivity index (χ2n) is 7.81. The smallest absolute Gasteiger partial charge is 0.254 e. The minimum absolute atomic E-state index is 0.0340. The highest BCUT2D eigenvalue weighted by atomic mass is 16.5. The number of pyridine rings is 1. The number of nitrogens with zero attached hydrogens (tertiary/aromatic N) is 6. The fourth-order valence-corrected chi connectivity index (χ4v) is 3.73. The molecule has 0 saturated carbocycles. The molecule has 0 spiro atoms. The highest BCUT2D eigenvalue weighted by molar-refractivity contribution is 5.99. The van der Waals surface area contributed by atoms with E-state index in [0.717, 1.165) is 12.8 Å². The van der Waals surface area contributed by atoms with Gasteiger partial charge in [0.05, 0.1) is 6.10 Å². The van der Waals surface area contributed by atoms with Gasteiger partial charge in [0.1, 0.15) is 12.1 Å². The molecule has 1 unspecified atom stereocenters. The van der Waals surface area contributed by atoms with E-state index in [0.29, 0.717) is 35.8 Å². The first kappa shape index (κ1) is 20.6. The number of ketones is 1. The average molecular weight is 420 g/mol. The van der Waals surface area contributed by atoms with Crippen LogP contribution in [0.1, 0.15) is 47.4 Å². The van der Waals surface area contributed by atoms with Crippen LogP contribution in [0.3, 0.4) is 0 Å². The maximum absolute atomic E-state index is 13.1. The largest absolute Gasteiger partial charge is 0.491 e. The van der Waals surface area contributed by atoms with Gasteiger partial charge >= 0.3 is 0 Å². The second kappa shape index (κ2) is 9.03. The molecule has 1 saturated heterocycles. The highest BCUT2D eigenvalue weighted by Gasteiger charge is 2.30. The summed E-state index contributed by atoms with van der Waals surface area (Å²) < 4.78 is 7.11. The third-order valence-electron chi connectivity index (χ3n) is 5.15. The summed E-state index contributed by atoms with van der Waals surface area (Å²) in [4.78, 5) is 32.2. The fraction of sp³-hybridized carbons (Fsp3) is 0.364. The van der Waals surface area contributed by atoms with E-state index < -0.39 is 0 Å². The molecule has 1 aliphatic heterocycles. The first-order valence-corrected chi connectivity index (χ1v) is 10.3. The maximum atomic E-state index is 13.1. The summed E-state index contributed by atoms with van der Waals surface area (Å²) >= 11 is 0.